The number of fused-ring (bicyclic) bond motifs is 5. The fraction of sp³-hybridized carbons (Fsp3) is 0.155. The van der Waals surface area contributed by atoms with Gasteiger partial charge >= 0.3 is 0 Å². The smallest absolute Gasteiger partial charge is 0.268 e. The second-order valence-corrected chi connectivity index (χ2v) is 26.9. The van der Waals surface area contributed by atoms with Gasteiger partial charge in [-0.15, -0.1) is 10.2 Å². The second-order valence-electron chi connectivity index (χ2n) is 26.0. The Labute approximate surface area is 629 Å². The number of carbonyl (C=O) groups excluding carboxylic acids is 5. The van der Waals surface area contributed by atoms with Gasteiger partial charge in [-0.05, 0) is 172 Å². The number of nitrogens with zero attached hydrogens (tertiary/aromatic N) is 2. The maximum Gasteiger partial charge on any atom is 0.268 e. The largest absolute Gasteiger partial charge is 0.508 e. The van der Waals surface area contributed by atoms with Crippen LogP contribution in [-0.2, 0) is 5.54 Å². The molecule has 0 spiro atoms. The number of halogens is 3. The van der Waals surface area contributed by atoms with Crippen molar-refractivity contribution >= 4 is 107 Å². The first-order valence-electron chi connectivity index (χ1n) is 34.7. The number of rotatable bonds is 16. The van der Waals surface area contributed by atoms with Gasteiger partial charge in [0.1, 0.15) is 51.8 Å². The molecule has 21 nitrogen and oxygen atoms in total. The summed E-state index contributed by atoms with van der Waals surface area (Å²) in [4.78, 5) is 76.9. The molecule has 16 rings (SSSR count). The summed E-state index contributed by atoms with van der Waals surface area (Å²) in [5.41, 5.74) is 10.3. The molecule has 6 aromatic heterocycles. The SMILES string of the molecule is COc1ccc2[nH]c(C(=O)NC3(c4ccccc4)CC3)cc2c1.C[C@@H](NC(=O)c1cc2c(F)c(Cl)ccc2[nH]1)c1ccccc1.C[C@@H](NC(=O)c1cc2cc(O)ccc2[nH]1)c1ccccc1.C[C@@H](NC(=O)c1cc2ccc(O)cc2[nH]1)c1ccccc1.Cc1nnc(C(C)NC(=O)c2cc3cc(Cl)ccc3[nH]2)o1. The lowest BCUT2D eigenvalue weighted by atomic mass is 10.0. The van der Waals surface area contributed by atoms with E-state index in [-0.39, 0.29) is 75.8 Å². The van der Waals surface area contributed by atoms with E-state index in [2.05, 4.69) is 73.8 Å². The average molecular weight is 1490 g/mol. The van der Waals surface area contributed by atoms with Crippen LogP contribution in [0.15, 0.2) is 241 Å². The Bertz CT molecular complexity index is 5540. The zero-order valence-electron chi connectivity index (χ0n) is 59.5. The van der Waals surface area contributed by atoms with Crippen LogP contribution in [-0.4, -0.2) is 82.0 Å². The third kappa shape index (κ3) is 18.4. The van der Waals surface area contributed by atoms with Crippen LogP contribution in [0, 0.1) is 12.7 Å². The number of carbonyl (C=O) groups is 5. The number of benzene rings is 9. The minimum absolute atomic E-state index is 0.0381. The van der Waals surface area contributed by atoms with E-state index in [9.17, 15) is 38.6 Å². The van der Waals surface area contributed by atoms with Crippen LogP contribution in [0.25, 0.3) is 54.5 Å². The molecule has 15 aromatic rings. The van der Waals surface area contributed by atoms with Crippen LogP contribution < -0.4 is 31.3 Å². The molecule has 1 saturated carbocycles. The first-order chi connectivity index (χ1) is 52.0. The molecule has 1 unspecified atom stereocenters. The van der Waals surface area contributed by atoms with Gasteiger partial charge in [-0.3, -0.25) is 24.0 Å². The highest BCUT2D eigenvalue weighted by atomic mass is 35.5. The van der Waals surface area contributed by atoms with Crippen molar-refractivity contribution in [2.75, 3.05) is 7.11 Å². The molecule has 0 radical (unpaired) electrons. The summed E-state index contributed by atoms with van der Waals surface area (Å²) in [7, 11) is 1.64. The molecule has 12 N–H and O–H groups in total. The van der Waals surface area contributed by atoms with Crippen molar-refractivity contribution < 1.29 is 47.7 Å². The first kappa shape index (κ1) is 74.8. The van der Waals surface area contributed by atoms with Crippen molar-refractivity contribution in [2.24, 2.45) is 0 Å². The monoisotopic (exact) mass is 1490 g/mol. The highest BCUT2D eigenvalue weighted by Crippen LogP contribution is 2.45. The quantitative estimate of drug-likeness (QED) is 0.0431. The van der Waals surface area contributed by atoms with Crippen LogP contribution in [0.3, 0.4) is 0 Å². The average Bonchev–Trinajstić information content (AvgIpc) is 1.61. The number of aryl methyl sites for hydroxylation is 1. The molecule has 6 heterocycles. The normalized spacial score (nSPS) is 13.0. The Hall–Kier alpha value is -12.9. The number of phenols is 2. The van der Waals surface area contributed by atoms with E-state index in [1.54, 1.807) is 93.8 Å². The Morgan fingerprint density at radius 2 is 0.870 bits per heavy atom. The molecule has 0 bridgehead atoms. The van der Waals surface area contributed by atoms with E-state index in [4.69, 9.17) is 32.4 Å². The van der Waals surface area contributed by atoms with Crippen LogP contribution >= 0.6 is 23.2 Å². The molecule has 0 aliphatic heterocycles. The van der Waals surface area contributed by atoms with Gasteiger partial charge in [-0.25, -0.2) is 4.39 Å². The van der Waals surface area contributed by atoms with Crippen LogP contribution in [0.1, 0.15) is 151 Å². The third-order valence-electron chi connectivity index (χ3n) is 18.2. The van der Waals surface area contributed by atoms with E-state index in [0.29, 0.717) is 56.2 Å². The van der Waals surface area contributed by atoms with Crippen molar-refractivity contribution in [1.29, 1.82) is 0 Å². The number of phenolic OH excluding ortho intramolecular Hbond substituents is 2. The molecule has 108 heavy (non-hydrogen) atoms. The van der Waals surface area contributed by atoms with Crippen molar-refractivity contribution in [2.45, 2.75) is 77.2 Å². The molecule has 1 aliphatic carbocycles. The van der Waals surface area contributed by atoms with Crippen molar-refractivity contribution in [1.82, 2.24) is 61.7 Å². The van der Waals surface area contributed by atoms with Crippen LogP contribution in [0.2, 0.25) is 10.0 Å². The number of aromatic nitrogens is 7. The number of nitrogens with one attached hydrogen (secondary N) is 10. The van der Waals surface area contributed by atoms with Gasteiger partial charge in [0.2, 0.25) is 11.8 Å². The Morgan fingerprint density at radius 3 is 1.38 bits per heavy atom. The number of amides is 5. The van der Waals surface area contributed by atoms with Gasteiger partial charge in [0, 0.05) is 72.5 Å². The molecular weight excluding hydrogens is 1410 g/mol. The highest BCUT2D eigenvalue weighted by molar-refractivity contribution is 6.32. The van der Waals surface area contributed by atoms with Crippen molar-refractivity contribution in [3.63, 3.8) is 0 Å². The van der Waals surface area contributed by atoms with E-state index in [1.807, 2.05) is 160 Å². The summed E-state index contributed by atoms with van der Waals surface area (Å²) in [5, 5.41) is 45.9. The molecule has 5 amide bonds. The summed E-state index contributed by atoms with van der Waals surface area (Å²) in [6.45, 7) is 9.27. The predicted molar refractivity (Wildman–Crippen MR) is 418 cm³/mol. The summed E-state index contributed by atoms with van der Waals surface area (Å²) in [6, 6.07) is 71.6. The van der Waals surface area contributed by atoms with Crippen molar-refractivity contribution in [3.8, 4) is 17.2 Å². The number of methoxy groups -OCH3 is 1. The Kier molecular flexibility index (Phi) is 23.2. The van der Waals surface area contributed by atoms with Crippen molar-refractivity contribution in [3.05, 3.63) is 315 Å². The molecule has 548 valence electrons. The lowest BCUT2D eigenvalue weighted by Gasteiger charge is -2.17. The van der Waals surface area contributed by atoms with E-state index in [0.717, 1.165) is 78.9 Å². The minimum atomic E-state index is -0.523. The maximum atomic E-state index is 13.9. The van der Waals surface area contributed by atoms with E-state index in [1.165, 1.54) is 17.7 Å². The van der Waals surface area contributed by atoms with Gasteiger partial charge in [-0.2, -0.15) is 0 Å². The lowest BCUT2D eigenvalue weighted by Crippen LogP contribution is -2.34. The molecule has 1 aliphatic rings. The Morgan fingerprint density at radius 1 is 0.454 bits per heavy atom. The molecule has 4 atom stereocenters. The van der Waals surface area contributed by atoms with Gasteiger partial charge in [-0.1, -0.05) is 145 Å². The standard InChI is InChI=1S/C19H18N2O2.C17H14ClFN2O.2C17H16N2O2.C14H13ClN4O2/c1-23-15-7-8-16-13(11-15)12-17(20-16)18(22)21-19(9-10-19)14-5-3-2-4-6-14;1-10(11-5-3-2-4-6-11)20-17(22)15-9-12-14(21-15)8-7-13(18)16(12)19;1-11(12-5-3-2-4-6-12)18-17(21)16-10-13-9-14(20)7-8-15(13)19-16;1-11(12-5-3-2-4-6-12)18-17(21)16-9-13-7-8-14(20)10-15(13)19-16;1-7(14-19-18-8(2)21-14)16-13(20)12-6-9-5-10(15)3-4-11(9)17-12/h2-8,11-12,20H,9-10H2,1H3,(H,21,22);2-10,21H,1H3,(H,20,22);2*2-11,19-20H,1H3,(H,18,21);3-7,17H,1-2H3,(H,16,20)/t;10-;2*11-;/m.111./s1. The molecule has 0 saturated heterocycles. The molecule has 9 aromatic carbocycles. The number of aromatic hydroxyl groups is 2. The zero-order chi connectivity index (χ0) is 76.2. The Balaban J connectivity index is 0.000000126. The first-order valence-corrected chi connectivity index (χ1v) is 35.4. The fourth-order valence-electron chi connectivity index (χ4n) is 12.1. The summed E-state index contributed by atoms with van der Waals surface area (Å²) in [5.74, 6) is 0.530. The maximum absolute atomic E-state index is 13.9. The number of hydrogen-bond donors (Lipinski definition) is 12. The molecule has 24 heteroatoms. The van der Waals surface area contributed by atoms with Crippen LogP contribution in [0.4, 0.5) is 4.39 Å². The predicted octanol–water partition coefficient (Wildman–Crippen LogP) is 17.8. The molecular formula is C84H77Cl2FN12O9. The van der Waals surface area contributed by atoms with Crippen LogP contribution in [0.5, 0.6) is 17.2 Å². The molecule has 1 fully saturated rings. The number of ether oxygens (including phenoxy) is 1. The van der Waals surface area contributed by atoms with Gasteiger partial charge in [0.15, 0.2) is 5.82 Å². The topological polar surface area (TPSA) is 313 Å². The number of H-pyrrole nitrogens is 5. The lowest BCUT2D eigenvalue weighted by molar-refractivity contribution is 0.0919. The minimum Gasteiger partial charge on any atom is -0.508 e. The van der Waals surface area contributed by atoms with Gasteiger partial charge in [0.25, 0.3) is 29.5 Å². The third-order valence-corrected chi connectivity index (χ3v) is 18.7. The summed E-state index contributed by atoms with van der Waals surface area (Å²) < 4.78 is 24.4. The highest BCUT2D eigenvalue weighted by Gasteiger charge is 2.46. The number of hydrogen-bond acceptors (Lipinski definition) is 11. The van der Waals surface area contributed by atoms with E-state index >= 15 is 0 Å². The summed E-state index contributed by atoms with van der Waals surface area (Å²) in [6.07, 6.45) is 1.97. The number of aromatic amines is 5. The van der Waals surface area contributed by atoms with Gasteiger partial charge < -0.3 is 70.9 Å². The summed E-state index contributed by atoms with van der Waals surface area (Å²) >= 11 is 11.7. The van der Waals surface area contributed by atoms with Gasteiger partial charge in [0.05, 0.1) is 35.8 Å². The fourth-order valence-corrected chi connectivity index (χ4v) is 12.4. The second kappa shape index (κ2) is 33.5. The van der Waals surface area contributed by atoms with E-state index < -0.39 is 5.82 Å². The zero-order valence-corrected chi connectivity index (χ0v) is 61.0.